The van der Waals surface area contributed by atoms with E-state index in [1.807, 2.05) is 0 Å². The molecule has 1 aromatic carbocycles. The molecule has 0 spiro atoms. The molecule has 3 N–H and O–H groups in total. The maximum absolute atomic E-state index is 10.9. The van der Waals surface area contributed by atoms with E-state index >= 15 is 0 Å². The van der Waals surface area contributed by atoms with Crippen molar-refractivity contribution in [1.29, 1.82) is 0 Å². The number of aromatic nitrogens is 1. The van der Waals surface area contributed by atoms with Gasteiger partial charge in [0.2, 0.25) is 0 Å². The van der Waals surface area contributed by atoms with Crippen molar-refractivity contribution in [3.63, 3.8) is 0 Å². The number of fused-ring (bicyclic) bond motifs is 1. The quantitative estimate of drug-likeness (QED) is 0.846. The van der Waals surface area contributed by atoms with Crippen LogP contribution in [0.1, 0.15) is 24.4 Å². The van der Waals surface area contributed by atoms with Gasteiger partial charge in [0.1, 0.15) is 5.52 Å². The Labute approximate surface area is 98.2 Å². The third-order valence-corrected chi connectivity index (χ3v) is 2.83. The molecule has 0 bridgehead atoms. The van der Waals surface area contributed by atoms with Crippen molar-refractivity contribution in [3.8, 4) is 0 Å². The highest BCUT2D eigenvalue weighted by atomic mass is 16.4. The molecule has 5 nitrogen and oxygen atoms in total. The Hall–Kier alpha value is -1.88. The number of hydrogen-bond donors (Lipinski definition) is 2. The van der Waals surface area contributed by atoms with Crippen molar-refractivity contribution in [1.82, 2.24) is 4.98 Å². The van der Waals surface area contributed by atoms with E-state index in [1.165, 1.54) is 0 Å². The zero-order valence-electron chi connectivity index (χ0n) is 9.68. The maximum Gasteiger partial charge on any atom is 0.308 e. The van der Waals surface area contributed by atoms with Crippen LogP contribution in [0.25, 0.3) is 11.1 Å². The topological polar surface area (TPSA) is 89.3 Å². The van der Waals surface area contributed by atoms with Crippen molar-refractivity contribution in [2.75, 3.05) is 0 Å². The molecule has 1 aromatic heterocycles. The molecular formula is C12H14N2O3. The summed E-state index contributed by atoms with van der Waals surface area (Å²) < 4.78 is 5.38. The standard InChI is InChI=1S/C12H14N2O3/c1-6(12(15)16)11(13)8-3-4-9-10(5-8)17-7(2)14-9/h3-6,11H,13H2,1-2H3,(H,15,16). The van der Waals surface area contributed by atoms with Gasteiger partial charge in [-0.2, -0.15) is 0 Å². The number of benzene rings is 1. The van der Waals surface area contributed by atoms with Gasteiger partial charge in [0, 0.05) is 13.0 Å². The van der Waals surface area contributed by atoms with Crippen LogP contribution in [0.3, 0.4) is 0 Å². The molecule has 2 atom stereocenters. The molecule has 0 aliphatic rings. The van der Waals surface area contributed by atoms with Crippen LogP contribution in [-0.4, -0.2) is 16.1 Å². The number of nitrogens with two attached hydrogens (primary N) is 1. The highest BCUT2D eigenvalue weighted by Gasteiger charge is 2.22. The molecule has 0 aliphatic heterocycles. The lowest BCUT2D eigenvalue weighted by atomic mass is 9.95. The molecule has 1 heterocycles. The summed E-state index contributed by atoms with van der Waals surface area (Å²) in [5.74, 6) is -0.972. The first-order valence-corrected chi connectivity index (χ1v) is 5.34. The number of rotatable bonds is 3. The Morgan fingerprint density at radius 2 is 2.24 bits per heavy atom. The van der Waals surface area contributed by atoms with Gasteiger partial charge >= 0.3 is 5.97 Å². The summed E-state index contributed by atoms with van der Waals surface area (Å²) in [6.07, 6.45) is 0. The maximum atomic E-state index is 10.9. The number of nitrogens with zero attached hydrogens (tertiary/aromatic N) is 1. The average Bonchev–Trinajstić information content (AvgIpc) is 2.65. The second-order valence-corrected chi connectivity index (χ2v) is 4.11. The summed E-state index contributed by atoms with van der Waals surface area (Å²) >= 11 is 0. The van der Waals surface area contributed by atoms with Crippen molar-refractivity contribution in [2.45, 2.75) is 19.9 Å². The Morgan fingerprint density at radius 3 is 2.88 bits per heavy atom. The monoisotopic (exact) mass is 234 g/mol. The molecular weight excluding hydrogens is 220 g/mol. The summed E-state index contributed by atoms with van der Waals surface area (Å²) in [5.41, 5.74) is 8.02. The van der Waals surface area contributed by atoms with Gasteiger partial charge < -0.3 is 15.3 Å². The number of oxazole rings is 1. The molecule has 2 unspecified atom stereocenters. The SMILES string of the molecule is Cc1nc2ccc(C(N)C(C)C(=O)O)cc2o1. The average molecular weight is 234 g/mol. The van der Waals surface area contributed by atoms with E-state index in [2.05, 4.69) is 4.98 Å². The highest BCUT2D eigenvalue weighted by Crippen LogP contribution is 2.24. The Kier molecular flexibility index (Phi) is 2.85. The number of aryl methyl sites for hydroxylation is 1. The van der Waals surface area contributed by atoms with E-state index in [9.17, 15) is 4.79 Å². The molecule has 0 saturated carbocycles. The minimum absolute atomic E-state index is 0.553. The molecule has 0 radical (unpaired) electrons. The van der Waals surface area contributed by atoms with Crippen LogP contribution >= 0.6 is 0 Å². The first-order chi connectivity index (χ1) is 7.99. The van der Waals surface area contributed by atoms with E-state index in [0.717, 1.165) is 11.1 Å². The number of carbonyl (C=O) groups is 1. The minimum atomic E-state index is -0.911. The van der Waals surface area contributed by atoms with Crippen molar-refractivity contribution in [2.24, 2.45) is 11.7 Å². The summed E-state index contributed by atoms with van der Waals surface area (Å²) in [5, 5.41) is 8.92. The Balaban J connectivity index is 2.38. The Bertz CT molecular complexity index is 562. The number of aliphatic carboxylic acids is 1. The summed E-state index contributed by atoms with van der Waals surface area (Å²) in [7, 11) is 0. The first kappa shape index (κ1) is 11.6. The molecule has 17 heavy (non-hydrogen) atoms. The molecule has 2 aromatic rings. The van der Waals surface area contributed by atoms with Crippen molar-refractivity contribution in [3.05, 3.63) is 29.7 Å². The molecule has 5 heteroatoms. The van der Waals surface area contributed by atoms with Crippen LogP contribution in [-0.2, 0) is 4.79 Å². The third-order valence-electron chi connectivity index (χ3n) is 2.83. The van der Waals surface area contributed by atoms with Crippen LogP contribution in [0.4, 0.5) is 0 Å². The van der Waals surface area contributed by atoms with E-state index in [4.69, 9.17) is 15.3 Å². The fourth-order valence-corrected chi connectivity index (χ4v) is 1.71. The van der Waals surface area contributed by atoms with Gasteiger partial charge in [-0.1, -0.05) is 13.0 Å². The van der Waals surface area contributed by atoms with Gasteiger partial charge in [-0.15, -0.1) is 0 Å². The summed E-state index contributed by atoms with van der Waals surface area (Å²) in [6.45, 7) is 3.35. The zero-order valence-corrected chi connectivity index (χ0v) is 9.68. The van der Waals surface area contributed by atoms with Crippen LogP contribution in [0.15, 0.2) is 22.6 Å². The first-order valence-electron chi connectivity index (χ1n) is 5.34. The van der Waals surface area contributed by atoms with E-state index < -0.39 is 17.9 Å². The Morgan fingerprint density at radius 1 is 1.53 bits per heavy atom. The van der Waals surface area contributed by atoms with Crippen molar-refractivity contribution >= 4 is 17.1 Å². The van der Waals surface area contributed by atoms with Crippen LogP contribution in [0, 0.1) is 12.8 Å². The zero-order chi connectivity index (χ0) is 12.6. The normalized spacial score (nSPS) is 14.8. The van der Waals surface area contributed by atoms with Gasteiger partial charge in [-0.05, 0) is 17.7 Å². The molecule has 2 rings (SSSR count). The summed E-state index contributed by atoms with van der Waals surface area (Å²) in [4.78, 5) is 15.0. The van der Waals surface area contributed by atoms with Crippen LogP contribution in [0.5, 0.6) is 0 Å². The predicted octanol–water partition coefficient (Wildman–Crippen LogP) is 1.86. The van der Waals surface area contributed by atoms with E-state index in [1.54, 1.807) is 32.0 Å². The van der Waals surface area contributed by atoms with Gasteiger partial charge in [-0.25, -0.2) is 4.98 Å². The van der Waals surface area contributed by atoms with Crippen LogP contribution in [0.2, 0.25) is 0 Å². The number of carboxylic acids is 1. The number of carboxylic acid groups (broad SMARTS) is 1. The third kappa shape index (κ3) is 2.14. The van der Waals surface area contributed by atoms with Crippen LogP contribution < -0.4 is 5.73 Å². The molecule has 0 aliphatic carbocycles. The number of hydrogen-bond acceptors (Lipinski definition) is 4. The fourth-order valence-electron chi connectivity index (χ4n) is 1.71. The van der Waals surface area contributed by atoms with Gasteiger partial charge in [0.05, 0.1) is 5.92 Å². The van der Waals surface area contributed by atoms with E-state index in [0.29, 0.717) is 11.5 Å². The summed E-state index contributed by atoms with van der Waals surface area (Å²) in [6, 6.07) is 4.77. The van der Waals surface area contributed by atoms with Crippen molar-refractivity contribution < 1.29 is 14.3 Å². The largest absolute Gasteiger partial charge is 0.481 e. The predicted molar refractivity (Wildman–Crippen MR) is 62.5 cm³/mol. The molecule has 0 saturated heterocycles. The van der Waals surface area contributed by atoms with E-state index in [-0.39, 0.29) is 0 Å². The van der Waals surface area contributed by atoms with Gasteiger partial charge in [0.15, 0.2) is 11.5 Å². The lowest BCUT2D eigenvalue weighted by molar-refractivity contribution is -0.141. The minimum Gasteiger partial charge on any atom is -0.481 e. The fraction of sp³-hybridized carbons (Fsp3) is 0.333. The van der Waals surface area contributed by atoms with Gasteiger partial charge in [-0.3, -0.25) is 4.79 Å². The highest BCUT2D eigenvalue weighted by molar-refractivity contribution is 5.75. The molecule has 90 valence electrons. The smallest absolute Gasteiger partial charge is 0.308 e. The lowest BCUT2D eigenvalue weighted by Gasteiger charge is -2.15. The molecule has 0 fully saturated rings. The molecule has 0 amide bonds. The second kappa shape index (κ2) is 4.18. The second-order valence-electron chi connectivity index (χ2n) is 4.11. The lowest BCUT2D eigenvalue weighted by Crippen LogP contribution is -2.25. The van der Waals surface area contributed by atoms with Gasteiger partial charge in [0.25, 0.3) is 0 Å².